The van der Waals surface area contributed by atoms with E-state index in [9.17, 15) is 18.7 Å². The van der Waals surface area contributed by atoms with E-state index in [2.05, 4.69) is 20.3 Å². The topological polar surface area (TPSA) is 100 Å². The maximum atomic E-state index is 15.4. The number of alkyl halides is 2. The molecular formula is C28H34F3N5O3. The number of carbonyl (C=O) groups excluding carboxylic acids is 1. The molecule has 3 heterocycles. The summed E-state index contributed by atoms with van der Waals surface area (Å²) in [7, 11) is 1.54. The lowest BCUT2D eigenvalue weighted by Gasteiger charge is -2.32. The number of methoxy groups -OCH3 is 1. The molecule has 0 bridgehead atoms. The predicted molar refractivity (Wildman–Crippen MR) is 141 cm³/mol. The molecule has 1 fully saturated rings. The van der Waals surface area contributed by atoms with Gasteiger partial charge in [-0.25, -0.2) is 14.4 Å². The maximum absolute atomic E-state index is 15.4. The Morgan fingerprint density at radius 2 is 1.87 bits per heavy atom. The third-order valence-electron chi connectivity index (χ3n) is 7.32. The fraction of sp³-hybridized carbons (Fsp3) is 0.500. The van der Waals surface area contributed by atoms with Crippen molar-refractivity contribution in [3.8, 4) is 5.88 Å². The smallest absolute Gasteiger partial charge is 0.303 e. The number of pyridine rings is 1. The van der Waals surface area contributed by atoms with Crippen LogP contribution in [0.1, 0.15) is 75.0 Å². The zero-order valence-corrected chi connectivity index (χ0v) is 23.0. The number of nitrogens with zero attached hydrogens (tertiary/aromatic N) is 4. The van der Waals surface area contributed by atoms with E-state index in [4.69, 9.17) is 4.74 Å². The number of anilines is 1. The molecule has 8 nitrogen and oxygen atoms in total. The fourth-order valence-electron chi connectivity index (χ4n) is 4.97. The standard InChI is InChI=1S/C28H34F3N5O3/c1-15(19-8-7-9-22(23(19)29)28(30,31)27(4,5)38)32-24-21-14-20(18-10-12-36(13-11-18)17(3)37)26(39-6)35-25(21)34-16(2)33-24/h7-9,14-15,18,38H,10-13H2,1-6H3,(H,32,33,34,35). The average molecular weight is 546 g/mol. The lowest BCUT2D eigenvalue weighted by Crippen LogP contribution is -2.41. The van der Waals surface area contributed by atoms with Crippen molar-refractivity contribution in [3.63, 3.8) is 0 Å². The number of carbonyl (C=O) groups is 1. The summed E-state index contributed by atoms with van der Waals surface area (Å²) >= 11 is 0. The molecule has 1 amide bonds. The summed E-state index contributed by atoms with van der Waals surface area (Å²) in [6.45, 7) is 8.03. The van der Waals surface area contributed by atoms with Gasteiger partial charge in [0.25, 0.3) is 0 Å². The van der Waals surface area contributed by atoms with Crippen molar-refractivity contribution in [1.82, 2.24) is 19.9 Å². The molecule has 1 unspecified atom stereocenters. The van der Waals surface area contributed by atoms with Gasteiger partial charge in [0.15, 0.2) is 5.65 Å². The Bertz CT molecular complexity index is 1390. The SMILES string of the molecule is COc1nc2nc(C)nc(NC(C)c3cccc(C(F)(F)C(C)(C)O)c3F)c2cc1C1CCN(C(C)=O)CC1. The van der Waals surface area contributed by atoms with Gasteiger partial charge >= 0.3 is 5.92 Å². The van der Waals surface area contributed by atoms with Gasteiger partial charge in [-0.05, 0) is 58.6 Å². The summed E-state index contributed by atoms with van der Waals surface area (Å²) in [6.07, 6.45) is 1.48. The van der Waals surface area contributed by atoms with Gasteiger partial charge in [-0.15, -0.1) is 0 Å². The number of amides is 1. The highest BCUT2D eigenvalue weighted by Gasteiger charge is 2.49. The van der Waals surface area contributed by atoms with Gasteiger partial charge in [-0.3, -0.25) is 4.79 Å². The average Bonchev–Trinajstić information content (AvgIpc) is 2.87. The second kappa shape index (κ2) is 10.6. The number of benzene rings is 1. The number of likely N-dealkylation sites (tertiary alicyclic amines) is 1. The summed E-state index contributed by atoms with van der Waals surface area (Å²) in [5.74, 6) is -3.54. The predicted octanol–water partition coefficient (Wildman–Crippen LogP) is 5.24. The van der Waals surface area contributed by atoms with Crippen molar-refractivity contribution in [3.05, 3.63) is 52.6 Å². The molecule has 2 N–H and O–H groups in total. The normalized spacial score (nSPS) is 15.9. The van der Waals surface area contributed by atoms with Gasteiger partial charge < -0.3 is 20.1 Å². The highest BCUT2D eigenvalue weighted by atomic mass is 19.3. The third-order valence-corrected chi connectivity index (χ3v) is 7.32. The molecule has 1 atom stereocenters. The van der Waals surface area contributed by atoms with Crippen LogP contribution in [0.2, 0.25) is 0 Å². The molecule has 11 heteroatoms. The van der Waals surface area contributed by atoms with Crippen molar-refractivity contribution in [2.45, 2.75) is 70.9 Å². The first-order valence-corrected chi connectivity index (χ1v) is 12.9. The number of hydrogen-bond donors (Lipinski definition) is 2. The highest BCUT2D eigenvalue weighted by molar-refractivity contribution is 5.88. The van der Waals surface area contributed by atoms with Crippen LogP contribution < -0.4 is 10.1 Å². The van der Waals surface area contributed by atoms with Crippen molar-refractivity contribution in [1.29, 1.82) is 0 Å². The Hall–Kier alpha value is -3.47. The monoisotopic (exact) mass is 545 g/mol. The summed E-state index contributed by atoms with van der Waals surface area (Å²) < 4.78 is 50.7. The van der Waals surface area contributed by atoms with Gasteiger partial charge in [0.05, 0.1) is 24.1 Å². The minimum absolute atomic E-state index is 0.000797. The zero-order valence-electron chi connectivity index (χ0n) is 23.0. The van der Waals surface area contributed by atoms with E-state index in [0.717, 1.165) is 38.3 Å². The second-order valence-electron chi connectivity index (χ2n) is 10.6. The van der Waals surface area contributed by atoms with Crippen LogP contribution >= 0.6 is 0 Å². The minimum atomic E-state index is -3.81. The number of aliphatic hydroxyl groups is 1. The van der Waals surface area contributed by atoms with Gasteiger partial charge in [-0.2, -0.15) is 13.8 Å². The van der Waals surface area contributed by atoms with Crippen molar-refractivity contribution in [2.24, 2.45) is 0 Å². The van der Waals surface area contributed by atoms with E-state index < -0.39 is 28.9 Å². The van der Waals surface area contributed by atoms with Crippen LogP contribution in [-0.2, 0) is 10.7 Å². The molecule has 210 valence electrons. The van der Waals surface area contributed by atoms with Crippen LogP contribution in [-0.4, -0.2) is 56.7 Å². The molecule has 0 saturated carbocycles. The Kier molecular flexibility index (Phi) is 7.75. The molecule has 39 heavy (non-hydrogen) atoms. The quantitative estimate of drug-likeness (QED) is 0.419. The Morgan fingerprint density at radius 3 is 2.46 bits per heavy atom. The van der Waals surface area contributed by atoms with Crippen LogP contribution in [0.3, 0.4) is 0 Å². The Balaban J connectivity index is 1.72. The van der Waals surface area contributed by atoms with Gasteiger partial charge in [0.1, 0.15) is 23.1 Å². The first-order valence-electron chi connectivity index (χ1n) is 12.9. The fourth-order valence-corrected chi connectivity index (χ4v) is 4.97. The summed E-state index contributed by atoms with van der Waals surface area (Å²) in [6, 6.07) is 4.88. The number of nitrogens with one attached hydrogen (secondary N) is 1. The van der Waals surface area contributed by atoms with Crippen LogP contribution in [0.15, 0.2) is 24.3 Å². The first-order chi connectivity index (χ1) is 18.2. The number of fused-ring (bicyclic) bond motifs is 1. The van der Waals surface area contributed by atoms with Crippen LogP contribution in [0.4, 0.5) is 19.0 Å². The van der Waals surface area contributed by atoms with E-state index in [-0.39, 0.29) is 17.4 Å². The highest BCUT2D eigenvalue weighted by Crippen LogP contribution is 2.42. The van der Waals surface area contributed by atoms with Crippen LogP contribution in [0, 0.1) is 12.7 Å². The second-order valence-corrected chi connectivity index (χ2v) is 10.6. The molecule has 3 aromatic rings. The van der Waals surface area contributed by atoms with E-state index >= 15 is 4.39 Å². The van der Waals surface area contributed by atoms with Gasteiger partial charge in [0.2, 0.25) is 11.8 Å². The molecule has 2 aromatic heterocycles. The van der Waals surface area contributed by atoms with Crippen molar-refractivity contribution < 1.29 is 27.8 Å². The first kappa shape index (κ1) is 28.5. The van der Waals surface area contributed by atoms with Crippen LogP contribution in [0.5, 0.6) is 5.88 Å². The molecule has 1 aromatic carbocycles. The number of halogens is 3. The maximum Gasteiger partial charge on any atom is 0.303 e. The van der Waals surface area contributed by atoms with Crippen LogP contribution in [0.25, 0.3) is 11.0 Å². The lowest BCUT2D eigenvalue weighted by molar-refractivity contribution is -0.170. The molecule has 1 aliphatic heterocycles. The van der Waals surface area contributed by atoms with Crippen molar-refractivity contribution in [2.75, 3.05) is 25.5 Å². The number of piperidine rings is 1. The molecule has 1 aliphatic rings. The number of ether oxygens (including phenoxy) is 1. The number of aromatic nitrogens is 3. The van der Waals surface area contributed by atoms with E-state index in [1.54, 1.807) is 20.8 Å². The Labute approximate surface area is 225 Å². The lowest BCUT2D eigenvalue weighted by atomic mass is 9.89. The van der Waals surface area contributed by atoms with Gasteiger partial charge in [0, 0.05) is 31.1 Å². The minimum Gasteiger partial charge on any atom is -0.481 e. The summed E-state index contributed by atoms with van der Waals surface area (Å²) in [4.78, 5) is 27.2. The summed E-state index contributed by atoms with van der Waals surface area (Å²) in [5, 5.41) is 13.7. The van der Waals surface area contributed by atoms with E-state index in [1.807, 2.05) is 11.0 Å². The Morgan fingerprint density at radius 1 is 1.21 bits per heavy atom. The number of rotatable bonds is 7. The van der Waals surface area contributed by atoms with E-state index in [1.165, 1.54) is 19.2 Å². The number of aryl methyl sites for hydroxylation is 1. The molecule has 0 aliphatic carbocycles. The molecule has 1 saturated heterocycles. The van der Waals surface area contributed by atoms with Gasteiger partial charge in [-0.1, -0.05) is 12.1 Å². The zero-order chi connectivity index (χ0) is 28.7. The van der Waals surface area contributed by atoms with Crippen molar-refractivity contribution >= 4 is 22.8 Å². The number of hydrogen-bond acceptors (Lipinski definition) is 7. The molecule has 0 radical (unpaired) electrons. The van der Waals surface area contributed by atoms with E-state index in [0.29, 0.717) is 41.6 Å². The molecule has 0 spiro atoms. The molecule has 4 rings (SSSR count). The molecular weight excluding hydrogens is 511 g/mol. The third kappa shape index (κ3) is 5.50. The summed E-state index contributed by atoms with van der Waals surface area (Å²) in [5.41, 5.74) is -2.10. The largest absolute Gasteiger partial charge is 0.481 e.